The van der Waals surface area contributed by atoms with Gasteiger partial charge in [0.25, 0.3) is 0 Å². The number of aliphatic hydroxyl groups is 1. The van der Waals surface area contributed by atoms with Gasteiger partial charge in [-0.15, -0.1) is 0 Å². The fourth-order valence-corrected chi connectivity index (χ4v) is 2.64. The van der Waals surface area contributed by atoms with Crippen LogP contribution >= 0.6 is 0 Å². The van der Waals surface area contributed by atoms with Crippen molar-refractivity contribution >= 4 is 5.69 Å². The Morgan fingerprint density at radius 2 is 1.06 bits per heavy atom. The Labute approximate surface area is 185 Å². The van der Waals surface area contributed by atoms with Crippen LogP contribution in [-0.4, -0.2) is 61.2 Å². The molecule has 0 saturated carbocycles. The van der Waals surface area contributed by atoms with E-state index in [9.17, 15) is 75.4 Å². The highest BCUT2D eigenvalue weighted by Crippen LogP contribution is 2.62. The van der Waals surface area contributed by atoms with Gasteiger partial charge in [-0.1, -0.05) is 12.1 Å². The van der Waals surface area contributed by atoms with E-state index in [1.165, 1.54) is 0 Å². The number of rotatable bonds is 8. The first-order valence-electron chi connectivity index (χ1n) is 8.64. The molecule has 35 heavy (non-hydrogen) atoms. The summed E-state index contributed by atoms with van der Waals surface area (Å²) in [5.41, 5.74) is -7.19. The Kier molecular flexibility index (Phi) is 7.47. The summed E-state index contributed by atoms with van der Waals surface area (Å²) >= 11 is 0. The third-order valence-electron chi connectivity index (χ3n) is 4.79. The average Bonchev–Trinajstić information content (AvgIpc) is 2.65. The Hall–Kier alpha value is -2.14. The molecular formula is C17H13F16NO. The molecule has 0 heterocycles. The van der Waals surface area contributed by atoms with Crippen molar-refractivity contribution in [3.8, 4) is 0 Å². The first-order valence-corrected chi connectivity index (χ1v) is 8.64. The number of nitrogens with zero attached hydrogens (tertiary/aromatic N) is 1. The number of alkyl halides is 16. The molecule has 1 rings (SSSR count). The molecule has 0 aromatic heterocycles. The highest BCUT2D eigenvalue weighted by molar-refractivity contribution is 5.49. The van der Waals surface area contributed by atoms with Gasteiger partial charge in [0, 0.05) is 19.8 Å². The van der Waals surface area contributed by atoms with Crippen LogP contribution in [0.15, 0.2) is 24.3 Å². The Bertz CT molecular complexity index is 904. The van der Waals surface area contributed by atoms with Crippen molar-refractivity contribution in [2.75, 3.05) is 19.0 Å². The summed E-state index contributed by atoms with van der Waals surface area (Å²) in [7, 11) is 2.33. The van der Waals surface area contributed by atoms with Gasteiger partial charge < -0.3 is 10.0 Å². The minimum Gasteiger partial charge on any atom is -0.378 e. The summed E-state index contributed by atoms with van der Waals surface area (Å²) in [4.78, 5) is 1.00. The van der Waals surface area contributed by atoms with Crippen LogP contribution in [0.25, 0.3) is 0 Å². The second-order valence-corrected chi connectivity index (χ2v) is 7.48. The van der Waals surface area contributed by atoms with Crippen LogP contribution in [0.1, 0.15) is 12.0 Å². The second-order valence-electron chi connectivity index (χ2n) is 7.48. The fraction of sp³-hybridized carbons (Fsp3) is 0.647. The van der Waals surface area contributed by atoms with Crippen molar-refractivity contribution < 1.29 is 75.4 Å². The normalized spacial score (nSPS) is 16.8. The number of benzene rings is 1. The summed E-state index contributed by atoms with van der Waals surface area (Å²) in [5.74, 6) is -39.7. The predicted molar refractivity (Wildman–Crippen MR) is 86.1 cm³/mol. The van der Waals surface area contributed by atoms with Crippen LogP contribution in [0, 0.1) is 0 Å². The lowest BCUT2D eigenvalue weighted by molar-refractivity contribution is -0.443. The van der Waals surface area contributed by atoms with Crippen LogP contribution in [0.3, 0.4) is 0 Å². The van der Waals surface area contributed by atoms with Crippen LogP contribution in [0.4, 0.5) is 75.9 Å². The van der Waals surface area contributed by atoms with E-state index in [0.717, 1.165) is 25.1 Å². The molecule has 1 atom stereocenters. The zero-order valence-electron chi connectivity index (χ0n) is 17.0. The summed E-state index contributed by atoms with van der Waals surface area (Å²) in [6.45, 7) is 0. The molecule has 0 aliphatic carbocycles. The van der Waals surface area contributed by atoms with Gasteiger partial charge in [-0.3, -0.25) is 0 Å². The molecule has 0 aliphatic rings. The molecular weight excluding hydrogens is 538 g/mol. The second kappa shape index (κ2) is 8.47. The van der Waals surface area contributed by atoms with Gasteiger partial charge in [0.15, 0.2) is 5.60 Å². The first-order chi connectivity index (χ1) is 15.1. The monoisotopic (exact) mass is 551 g/mol. The van der Waals surface area contributed by atoms with Crippen molar-refractivity contribution in [2.45, 2.75) is 54.0 Å². The Morgan fingerprint density at radius 3 is 1.43 bits per heavy atom. The maximum absolute atomic E-state index is 14.1. The highest BCUT2D eigenvalue weighted by Gasteiger charge is 2.91. The topological polar surface area (TPSA) is 23.5 Å². The van der Waals surface area contributed by atoms with Gasteiger partial charge in [-0.25, -0.2) is 0 Å². The van der Waals surface area contributed by atoms with E-state index < -0.39 is 59.6 Å². The average molecular weight is 551 g/mol. The number of hydrogen-bond donors (Lipinski definition) is 1. The highest BCUT2D eigenvalue weighted by atomic mass is 19.4. The van der Waals surface area contributed by atoms with E-state index >= 15 is 0 Å². The smallest absolute Gasteiger partial charge is 0.378 e. The van der Waals surface area contributed by atoms with Gasteiger partial charge >= 0.3 is 42.0 Å². The van der Waals surface area contributed by atoms with Gasteiger partial charge in [-0.2, -0.15) is 70.2 Å². The van der Waals surface area contributed by atoms with E-state index in [1.54, 1.807) is 0 Å². The SMILES string of the molecule is CN(C)c1cccc(C(O)(CC(F)(F)C(F)(F)C(F)(F)C(F)(F)C(F)(F)C(F)(F)F)C(F)(F)F)c1. The molecule has 0 bridgehead atoms. The van der Waals surface area contributed by atoms with Crippen molar-refractivity contribution in [3.63, 3.8) is 0 Å². The molecule has 2 nitrogen and oxygen atoms in total. The minimum absolute atomic E-state index is 0.208. The molecule has 18 heteroatoms. The molecule has 0 radical (unpaired) electrons. The van der Waals surface area contributed by atoms with Gasteiger partial charge in [-0.05, 0) is 17.7 Å². The van der Waals surface area contributed by atoms with Crippen molar-refractivity contribution in [2.24, 2.45) is 0 Å². The lowest BCUT2D eigenvalue weighted by atomic mass is 9.82. The van der Waals surface area contributed by atoms with Gasteiger partial charge in [0.2, 0.25) is 0 Å². The number of anilines is 1. The Morgan fingerprint density at radius 1 is 0.629 bits per heavy atom. The fourth-order valence-electron chi connectivity index (χ4n) is 2.64. The molecule has 1 aromatic rings. The maximum atomic E-state index is 14.1. The van der Waals surface area contributed by atoms with Crippen LogP contribution < -0.4 is 4.90 Å². The molecule has 0 saturated heterocycles. The lowest BCUT2D eigenvalue weighted by Crippen LogP contribution is -2.70. The third-order valence-corrected chi connectivity index (χ3v) is 4.79. The zero-order chi connectivity index (χ0) is 28.3. The molecule has 204 valence electrons. The minimum atomic E-state index is -8.28. The van der Waals surface area contributed by atoms with E-state index in [-0.39, 0.29) is 17.8 Å². The molecule has 0 aliphatic heterocycles. The van der Waals surface area contributed by atoms with Crippen molar-refractivity contribution in [3.05, 3.63) is 29.8 Å². The molecule has 0 spiro atoms. The number of halogens is 16. The predicted octanol–water partition coefficient (Wildman–Crippen LogP) is 6.63. The van der Waals surface area contributed by atoms with Crippen molar-refractivity contribution in [1.82, 2.24) is 0 Å². The quantitative estimate of drug-likeness (QED) is 0.367. The van der Waals surface area contributed by atoms with Crippen LogP contribution in [0.2, 0.25) is 0 Å². The standard InChI is InChI=1S/C17H13F16NO/c1-34(2)9-5-3-4-8(6-9)10(35,16(28,29)30)7-11(18,19)12(20,21)13(22,23)14(24,25)15(26,27)17(31,32)33/h3-6,35H,7H2,1-2H3. The zero-order valence-corrected chi connectivity index (χ0v) is 17.0. The van der Waals surface area contributed by atoms with Crippen LogP contribution in [0.5, 0.6) is 0 Å². The third kappa shape index (κ3) is 4.69. The lowest BCUT2D eigenvalue weighted by Gasteiger charge is -2.42. The largest absolute Gasteiger partial charge is 0.460 e. The van der Waals surface area contributed by atoms with E-state index in [0.29, 0.717) is 6.07 Å². The Balaban J connectivity index is 3.71. The summed E-state index contributed by atoms with van der Waals surface area (Å²) < 4.78 is 212. The molecule has 1 aromatic carbocycles. The maximum Gasteiger partial charge on any atom is 0.460 e. The number of hydrogen-bond acceptors (Lipinski definition) is 2. The van der Waals surface area contributed by atoms with Gasteiger partial charge in [0.05, 0.1) is 6.42 Å². The van der Waals surface area contributed by atoms with E-state index in [1.807, 2.05) is 0 Å². The van der Waals surface area contributed by atoms with Gasteiger partial charge in [0.1, 0.15) is 0 Å². The van der Waals surface area contributed by atoms with E-state index in [2.05, 4.69) is 0 Å². The molecule has 0 fully saturated rings. The summed E-state index contributed by atoms with van der Waals surface area (Å²) in [5, 5.41) is 9.86. The summed E-state index contributed by atoms with van der Waals surface area (Å²) in [6.07, 6.45) is -17.9. The first kappa shape index (κ1) is 30.9. The summed E-state index contributed by atoms with van der Waals surface area (Å²) in [6, 6.07) is 2.14. The van der Waals surface area contributed by atoms with Crippen LogP contribution in [-0.2, 0) is 5.60 Å². The molecule has 0 amide bonds. The van der Waals surface area contributed by atoms with E-state index in [4.69, 9.17) is 0 Å². The van der Waals surface area contributed by atoms with Crippen molar-refractivity contribution in [1.29, 1.82) is 0 Å². The molecule has 1 unspecified atom stereocenters. The molecule has 1 N–H and O–H groups in total.